The lowest BCUT2D eigenvalue weighted by Crippen LogP contribution is -2.52. The molecule has 3 amide bonds. The molecule has 1 saturated heterocycles. The summed E-state index contributed by atoms with van der Waals surface area (Å²) >= 11 is 6.00. The molecule has 2 aliphatic rings. The lowest BCUT2D eigenvalue weighted by Gasteiger charge is -2.35. The first-order valence-corrected chi connectivity index (χ1v) is 10.4. The van der Waals surface area contributed by atoms with E-state index in [1.807, 2.05) is 4.90 Å². The largest absolute Gasteiger partial charge is 0.417 e. The molecule has 0 spiro atoms. The fourth-order valence-electron chi connectivity index (χ4n) is 3.77. The van der Waals surface area contributed by atoms with E-state index in [9.17, 15) is 22.8 Å². The Morgan fingerprint density at radius 2 is 1.80 bits per heavy atom. The van der Waals surface area contributed by atoms with E-state index < -0.39 is 17.8 Å². The van der Waals surface area contributed by atoms with E-state index >= 15 is 0 Å². The molecule has 30 heavy (non-hydrogen) atoms. The highest BCUT2D eigenvalue weighted by Crippen LogP contribution is 2.33. The number of halogens is 4. The fourth-order valence-corrected chi connectivity index (χ4v) is 4.06. The van der Waals surface area contributed by atoms with Crippen LogP contribution in [0.1, 0.15) is 37.7 Å². The van der Waals surface area contributed by atoms with Crippen LogP contribution in [-0.4, -0.2) is 60.6 Å². The molecule has 2 fully saturated rings. The molecule has 166 valence electrons. The summed E-state index contributed by atoms with van der Waals surface area (Å²) in [5.41, 5.74) is -0.891. The third-order valence-corrected chi connectivity index (χ3v) is 5.66. The van der Waals surface area contributed by atoms with Gasteiger partial charge in [-0.2, -0.15) is 13.2 Å². The number of amides is 3. The van der Waals surface area contributed by atoms with Crippen molar-refractivity contribution in [2.24, 2.45) is 0 Å². The summed E-state index contributed by atoms with van der Waals surface area (Å²) in [4.78, 5) is 31.6. The van der Waals surface area contributed by atoms with Gasteiger partial charge in [0, 0.05) is 38.4 Å². The number of hydrogen-bond donors (Lipinski definition) is 2. The Morgan fingerprint density at radius 1 is 1.13 bits per heavy atom. The van der Waals surface area contributed by atoms with E-state index in [4.69, 9.17) is 11.6 Å². The van der Waals surface area contributed by atoms with E-state index in [-0.39, 0.29) is 23.5 Å². The van der Waals surface area contributed by atoms with Crippen molar-refractivity contribution >= 4 is 29.4 Å². The van der Waals surface area contributed by atoms with Gasteiger partial charge in [0.15, 0.2) is 0 Å². The monoisotopic (exact) mass is 447 g/mol. The van der Waals surface area contributed by atoms with Gasteiger partial charge in [0.25, 0.3) is 0 Å². The highest BCUT2D eigenvalue weighted by atomic mass is 35.5. The molecule has 0 atom stereocenters. The van der Waals surface area contributed by atoms with Crippen molar-refractivity contribution in [3.63, 3.8) is 0 Å². The van der Waals surface area contributed by atoms with Crippen LogP contribution in [0, 0.1) is 0 Å². The number of anilines is 1. The molecule has 0 radical (unpaired) electrons. The zero-order valence-electron chi connectivity index (χ0n) is 16.5. The molecule has 1 saturated carbocycles. The second-order valence-electron chi connectivity index (χ2n) is 7.65. The van der Waals surface area contributed by atoms with Crippen LogP contribution in [0.25, 0.3) is 0 Å². The Balaban J connectivity index is 1.44. The van der Waals surface area contributed by atoms with Gasteiger partial charge in [-0.15, -0.1) is 0 Å². The summed E-state index contributed by atoms with van der Waals surface area (Å²) in [5.74, 6) is -0.0944. The molecule has 7 nitrogen and oxygen atoms in total. The van der Waals surface area contributed by atoms with Crippen LogP contribution in [-0.2, 0) is 11.0 Å². The maximum atomic E-state index is 12.8. The number of hydrogen-bond acceptors (Lipinski definition) is 5. The van der Waals surface area contributed by atoms with E-state index in [0.29, 0.717) is 32.0 Å². The van der Waals surface area contributed by atoms with Crippen molar-refractivity contribution in [1.29, 1.82) is 0 Å². The van der Waals surface area contributed by atoms with Gasteiger partial charge in [0.1, 0.15) is 5.82 Å². The minimum Gasteiger partial charge on any atom is -0.353 e. The van der Waals surface area contributed by atoms with Crippen LogP contribution in [0.15, 0.2) is 12.3 Å². The fraction of sp³-hybridized carbons (Fsp3) is 0.632. The van der Waals surface area contributed by atoms with Gasteiger partial charge < -0.3 is 10.2 Å². The summed E-state index contributed by atoms with van der Waals surface area (Å²) < 4.78 is 38.3. The maximum Gasteiger partial charge on any atom is 0.417 e. The molecule has 1 aliphatic heterocycles. The number of piperazine rings is 1. The summed E-state index contributed by atoms with van der Waals surface area (Å²) in [7, 11) is 0. The minimum absolute atomic E-state index is 0.0598. The molecule has 0 aromatic carbocycles. The Morgan fingerprint density at radius 3 is 2.40 bits per heavy atom. The molecule has 1 aromatic rings. The number of imide groups is 1. The van der Waals surface area contributed by atoms with Crippen molar-refractivity contribution in [3.8, 4) is 0 Å². The number of carbonyl (C=O) groups excluding carboxylic acids is 2. The van der Waals surface area contributed by atoms with Crippen molar-refractivity contribution < 1.29 is 22.8 Å². The van der Waals surface area contributed by atoms with Gasteiger partial charge in [-0.05, 0) is 18.9 Å². The van der Waals surface area contributed by atoms with Gasteiger partial charge in [0.05, 0.1) is 17.1 Å². The van der Waals surface area contributed by atoms with E-state index in [0.717, 1.165) is 37.9 Å². The topological polar surface area (TPSA) is 77.6 Å². The van der Waals surface area contributed by atoms with Gasteiger partial charge in [-0.1, -0.05) is 30.9 Å². The first-order chi connectivity index (χ1) is 14.2. The third kappa shape index (κ3) is 6.21. The van der Waals surface area contributed by atoms with Crippen molar-refractivity contribution in [2.75, 3.05) is 37.6 Å². The van der Waals surface area contributed by atoms with Crippen molar-refractivity contribution in [1.82, 2.24) is 20.5 Å². The first kappa shape index (κ1) is 22.6. The molecule has 2 N–H and O–H groups in total. The smallest absolute Gasteiger partial charge is 0.353 e. The van der Waals surface area contributed by atoms with Crippen LogP contribution in [0.2, 0.25) is 5.02 Å². The molecular formula is C19H25ClF3N5O2. The second-order valence-corrected chi connectivity index (χ2v) is 8.05. The lowest BCUT2D eigenvalue weighted by atomic mass is 9.96. The zero-order valence-corrected chi connectivity index (χ0v) is 17.2. The molecule has 11 heteroatoms. The number of aromatic nitrogens is 1. The Labute approximate surface area is 177 Å². The number of nitrogens with zero attached hydrogens (tertiary/aromatic N) is 3. The van der Waals surface area contributed by atoms with Crippen LogP contribution >= 0.6 is 11.6 Å². The summed E-state index contributed by atoms with van der Waals surface area (Å²) in [6, 6.07) is 0.525. The average molecular weight is 448 g/mol. The maximum absolute atomic E-state index is 12.8. The van der Waals surface area contributed by atoms with Crippen molar-refractivity contribution in [2.45, 2.75) is 44.3 Å². The van der Waals surface area contributed by atoms with Crippen LogP contribution in [0.3, 0.4) is 0 Å². The Kier molecular flexibility index (Phi) is 7.41. The number of rotatable bonds is 4. The minimum atomic E-state index is -4.50. The van der Waals surface area contributed by atoms with Crippen LogP contribution < -0.4 is 15.5 Å². The molecule has 0 bridgehead atoms. The molecular weight excluding hydrogens is 423 g/mol. The zero-order chi connectivity index (χ0) is 21.7. The number of urea groups is 1. The van der Waals surface area contributed by atoms with Gasteiger partial charge in [-0.3, -0.25) is 15.0 Å². The average Bonchev–Trinajstić information content (AvgIpc) is 2.68. The Hall–Kier alpha value is -2.07. The van der Waals surface area contributed by atoms with Crippen LogP contribution in [0.5, 0.6) is 0 Å². The number of pyridine rings is 1. The summed E-state index contributed by atoms with van der Waals surface area (Å²) in [6.45, 7) is 1.98. The third-order valence-electron chi connectivity index (χ3n) is 5.38. The molecule has 1 aliphatic carbocycles. The SMILES string of the molecule is O=C(CN1CCN(c2ncc(C(F)(F)F)cc2Cl)CC1)NC(=O)NC1CCCCC1. The molecule has 1 aromatic heterocycles. The van der Waals surface area contributed by atoms with Gasteiger partial charge in [0.2, 0.25) is 5.91 Å². The van der Waals surface area contributed by atoms with Gasteiger partial charge >= 0.3 is 12.2 Å². The standard InChI is InChI=1S/C19H25ClF3N5O2/c20-15-10-13(19(21,22)23)11-24-17(15)28-8-6-27(7-9-28)12-16(29)26-18(30)25-14-4-2-1-3-5-14/h10-11,14H,1-9,12H2,(H2,25,26,29,30). The number of alkyl halides is 3. The second kappa shape index (κ2) is 9.82. The van der Waals surface area contributed by atoms with E-state index in [1.165, 1.54) is 6.42 Å². The first-order valence-electron chi connectivity index (χ1n) is 10.0. The number of carbonyl (C=O) groups is 2. The van der Waals surface area contributed by atoms with E-state index in [1.54, 1.807) is 4.90 Å². The quantitative estimate of drug-likeness (QED) is 0.742. The van der Waals surface area contributed by atoms with E-state index in [2.05, 4.69) is 15.6 Å². The lowest BCUT2D eigenvalue weighted by molar-refractivity contribution is -0.137. The predicted molar refractivity (Wildman–Crippen MR) is 106 cm³/mol. The van der Waals surface area contributed by atoms with Crippen molar-refractivity contribution in [3.05, 3.63) is 22.8 Å². The normalized spacial score (nSPS) is 18.9. The Bertz CT molecular complexity index is 763. The highest BCUT2D eigenvalue weighted by molar-refractivity contribution is 6.33. The highest BCUT2D eigenvalue weighted by Gasteiger charge is 2.32. The summed E-state index contributed by atoms with van der Waals surface area (Å²) in [5, 5.41) is 5.14. The van der Waals surface area contributed by atoms with Crippen LogP contribution in [0.4, 0.5) is 23.8 Å². The van der Waals surface area contributed by atoms with Gasteiger partial charge in [-0.25, -0.2) is 9.78 Å². The predicted octanol–water partition coefficient (Wildman–Crippen LogP) is 3.03. The molecule has 3 rings (SSSR count). The molecule has 0 unspecified atom stereocenters. The number of nitrogens with one attached hydrogen (secondary N) is 2. The summed E-state index contributed by atoms with van der Waals surface area (Å²) in [6.07, 6.45) is 1.49. The molecule has 2 heterocycles.